The molecule has 0 bridgehead atoms. The minimum absolute atomic E-state index is 0.0196. The molecule has 0 unspecified atom stereocenters. The van der Waals surface area contributed by atoms with Crippen LogP contribution < -0.4 is 10.5 Å². The van der Waals surface area contributed by atoms with Crippen molar-refractivity contribution in [2.45, 2.75) is 0 Å². The van der Waals surface area contributed by atoms with Crippen molar-refractivity contribution in [3.63, 3.8) is 0 Å². The summed E-state index contributed by atoms with van der Waals surface area (Å²) in [6.07, 6.45) is 0. The van der Waals surface area contributed by atoms with Gasteiger partial charge in [-0.15, -0.1) is 0 Å². The predicted octanol–water partition coefficient (Wildman–Crippen LogP) is 1.79. The van der Waals surface area contributed by atoms with Gasteiger partial charge in [-0.3, -0.25) is 9.69 Å². The number of rotatable bonds is 7. The van der Waals surface area contributed by atoms with Gasteiger partial charge in [0, 0.05) is 38.4 Å². The van der Waals surface area contributed by atoms with Gasteiger partial charge in [-0.2, -0.15) is 0 Å². The van der Waals surface area contributed by atoms with Crippen LogP contribution in [0.3, 0.4) is 0 Å². The Balaban J connectivity index is 1.36. The van der Waals surface area contributed by atoms with Gasteiger partial charge in [-0.1, -0.05) is 18.2 Å². The summed E-state index contributed by atoms with van der Waals surface area (Å²) in [6, 6.07) is 13.0. The number of amides is 1. The number of carbonyl (C=O) groups excluding carboxylic acids is 2. The summed E-state index contributed by atoms with van der Waals surface area (Å²) in [7, 11) is 0. The van der Waals surface area contributed by atoms with Gasteiger partial charge in [0.15, 0.2) is 6.61 Å². The molecule has 2 aromatic carbocycles. The van der Waals surface area contributed by atoms with Crippen LogP contribution in [0.5, 0.6) is 5.75 Å². The smallest absolute Gasteiger partial charge is 0.340 e. The number of hydrogen-bond acceptors (Lipinski definition) is 6. The summed E-state index contributed by atoms with van der Waals surface area (Å²) < 4.78 is 23.8. The summed E-state index contributed by atoms with van der Waals surface area (Å²) in [4.78, 5) is 28.2. The van der Waals surface area contributed by atoms with Crippen LogP contribution in [-0.4, -0.2) is 67.6 Å². The van der Waals surface area contributed by atoms with Gasteiger partial charge < -0.3 is 20.1 Å². The van der Waals surface area contributed by atoms with Crippen molar-refractivity contribution < 1.29 is 23.5 Å². The van der Waals surface area contributed by atoms with Crippen molar-refractivity contribution >= 4 is 17.6 Å². The van der Waals surface area contributed by atoms with Gasteiger partial charge >= 0.3 is 5.97 Å². The quantitative estimate of drug-likeness (QED) is 0.562. The maximum atomic E-state index is 13.1. The molecule has 0 aliphatic carbocycles. The van der Waals surface area contributed by atoms with Gasteiger partial charge in [-0.05, 0) is 30.3 Å². The van der Waals surface area contributed by atoms with E-state index in [-0.39, 0.29) is 23.8 Å². The average Bonchev–Trinajstić information content (AvgIpc) is 2.73. The van der Waals surface area contributed by atoms with Crippen molar-refractivity contribution in [2.75, 3.05) is 51.7 Å². The SMILES string of the molecule is Nc1cc(F)ccc1C(=O)OCC(=O)N1CCN(CCOc2ccccc2)CC1. The Kier molecular flexibility index (Phi) is 7.02. The minimum Gasteiger partial charge on any atom is -0.492 e. The fourth-order valence-corrected chi connectivity index (χ4v) is 3.05. The topological polar surface area (TPSA) is 85.1 Å². The van der Waals surface area contributed by atoms with Crippen molar-refractivity contribution in [3.05, 3.63) is 59.9 Å². The van der Waals surface area contributed by atoms with E-state index >= 15 is 0 Å². The standard InChI is InChI=1S/C21H24FN3O4/c22-16-6-7-18(19(23)14-16)21(27)29-15-20(26)25-10-8-24(9-11-25)12-13-28-17-4-2-1-3-5-17/h1-7,14H,8-13,15,23H2. The number of piperazine rings is 1. The van der Waals surface area contributed by atoms with E-state index in [1.807, 2.05) is 30.3 Å². The molecule has 7 nitrogen and oxygen atoms in total. The molecule has 154 valence electrons. The Bertz CT molecular complexity index is 839. The Labute approximate surface area is 168 Å². The van der Waals surface area contributed by atoms with Crippen LogP contribution in [0.25, 0.3) is 0 Å². The molecule has 0 atom stereocenters. The normalized spacial score (nSPS) is 14.4. The number of anilines is 1. The number of benzene rings is 2. The van der Waals surface area contributed by atoms with E-state index in [0.29, 0.717) is 19.7 Å². The largest absolute Gasteiger partial charge is 0.492 e. The first kappa shape index (κ1) is 20.6. The molecule has 1 amide bonds. The third kappa shape index (κ3) is 5.92. The van der Waals surface area contributed by atoms with Gasteiger partial charge in [0.25, 0.3) is 5.91 Å². The molecule has 29 heavy (non-hydrogen) atoms. The van der Waals surface area contributed by atoms with Gasteiger partial charge in [-0.25, -0.2) is 9.18 Å². The third-order valence-electron chi connectivity index (χ3n) is 4.70. The summed E-state index contributed by atoms with van der Waals surface area (Å²) in [6.45, 7) is 3.55. The molecular formula is C21H24FN3O4. The molecule has 1 heterocycles. The number of nitrogen functional groups attached to an aromatic ring is 1. The van der Waals surface area contributed by atoms with E-state index in [1.165, 1.54) is 6.07 Å². The molecule has 0 spiro atoms. The molecule has 8 heteroatoms. The molecule has 2 aromatic rings. The minimum atomic E-state index is -0.743. The van der Waals surface area contributed by atoms with E-state index in [0.717, 1.165) is 37.5 Å². The highest BCUT2D eigenvalue weighted by molar-refractivity contribution is 5.96. The molecule has 0 saturated carbocycles. The van der Waals surface area contributed by atoms with Crippen molar-refractivity contribution in [2.24, 2.45) is 0 Å². The number of hydrogen-bond donors (Lipinski definition) is 1. The highest BCUT2D eigenvalue weighted by atomic mass is 19.1. The average molecular weight is 401 g/mol. The number of carbonyl (C=O) groups is 2. The van der Waals surface area contributed by atoms with E-state index in [4.69, 9.17) is 15.2 Å². The number of nitrogens with zero attached hydrogens (tertiary/aromatic N) is 2. The van der Waals surface area contributed by atoms with Crippen LogP contribution in [-0.2, 0) is 9.53 Å². The maximum Gasteiger partial charge on any atom is 0.340 e. The maximum absolute atomic E-state index is 13.1. The Morgan fingerprint density at radius 2 is 1.76 bits per heavy atom. The molecule has 1 saturated heterocycles. The van der Waals surface area contributed by atoms with Crippen molar-refractivity contribution in [1.82, 2.24) is 9.80 Å². The highest BCUT2D eigenvalue weighted by Gasteiger charge is 2.22. The lowest BCUT2D eigenvalue weighted by Gasteiger charge is -2.34. The van der Waals surface area contributed by atoms with E-state index in [9.17, 15) is 14.0 Å². The first-order valence-corrected chi connectivity index (χ1v) is 9.43. The zero-order valence-corrected chi connectivity index (χ0v) is 16.1. The molecule has 2 N–H and O–H groups in total. The number of halogens is 1. The fourth-order valence-electron chi connectivity index (χ4n) is 3.05. The Morgan fingerprint density at radius 1 is 1.03 bits per heavy atom. The number of para-hydroxylation sites is 1. The first-order chi connectivity index (χ1) is 14.0. The van der Waals surface area contributed by atoms with E-state index in [2.05, 4.69) is 4.90 Å². The summed E-state index contributed by atoms with van der Waals surface area (Å²) in [5.74, 6) is -0.709. The second-order valence-corrected chi connectivity index (χ2v) is 6.69. The molecule has 0 aromatic heterocycles. The van der Waals surface area contributed by atoms with E-state index < -0.39 is 11.8 Å². The van der Waals surface area contributed by atoms with Crippen LogP contribution in [0.1, 0.15) is 10.4 Å². The third-order valence-corrected chi connectivity index (χ3v) is 4.70. The molecule has 0 radical (unpaired) electrons. The fraction of sp³-hybridized carbons (Fsp3) is 0.333. The molecule has 1 aliphatic heterocycles. The van der Waals surface area contributed by atoms with Crippen LogP contribution in [0.4, 0.5) is 10.1 Å². The van der Waals surface area contributed by atoms with Crippen molar-refractivity contribution in [1.29, 1.82) is 0 Å². The predicted molar refractivity (Wildman–Crippen MR) is 106 cm³/mol. The van der Waals surface area contributed by atoms with Crippen LogP contribution in [0.15, 0.2) is 48.5 Å². The molecule has 1 fully saturated rings. The Hall–Kier alpha value is -3.13. The van der Waals surface area contributed by atoms with Gasteiger partial charge in [0.2, 0.25) is 0 Å². The lowest BCUT2D eigenvalue weighted by Crippen LogP contribution is -2.50. The van der Waals surface area contributed by atoms with Gasteiger partial charge in [0.1, 0.15) is 18.2 Å². The summed E-state index contributed by atoms with van der Waals surface area (Å²) >= 11 is 0. The highest BCUT2D eigenvalue weighted by Crippen LogP contribution is 2.15. The Morgan fingerprint density at radius 3 is 2.45 bits per heavy atom. The molecule has 1 aliphatic rings. The zero-order valence-electron chi connectivity index (χ0n) is 16.1. The van der Waals surface area contributed by atoms with E-state index in [1.54, 1.807) is 4.90 Å². The number of ether oxygens (including phenoxy) is 2. The summed E-state index contributed by atoms with van der Waals surface area (Å²) in [5.41, 5.74) is 5.64. The first-order valence-electron chi connectivity index (χ1n) is 9.43. The molecular weight excluding hydrogens is 377 g/mol. The lowest BCUT2D eigenvalue weighted by atomic mass is 10.2. The van der Waals surface area contributed by atoms with Crippen LogP contribution in [0.2, 0.25) is 0 Å². The second kappa shape index (κ2) is 9.88. The lowest BCUT2D eigenvalue weighted by molar-refractivity contribution is -0.136. The molecule has 3 rings (SSSR count). The van der Waals surface area contributed by atoms with Crippen molar-refractivity contribution in [3.8, 4) is 5.75 Å². The summed E-state index contributed by atoms with van der Waals surface area (Å²) in [5, 5.41) is 0. The zero-order chi connectivity index (χ0) is 20.6. The van der Waals surface area contributed by atoms with Crippen LogP contribution >= 0.6 is 0 Å². The number of esters is 1. The second-order valence-electron chi connectivity index (χ2n) is 6.69. The monoisotopic (exact) mass is 401 g/mol. The van der Waals surface area contributed by atoms with Gasteiger partial charge in [0.05, 0.1) is 5.56 Å². The van der Waals surface area contributed by atoms with Crippen LogP contribution in [0, 0.1) is 5.82 Å². The number of nitrogens with two attached hydrogens (primary N) is 1.